The van der Waals surface area contributed by atoms with Gasteiger partial charge in [0.05, 0.1) is 5.69 Å². The van der Waals surface area contributed by atoms with Gasteiger partial charge in [0.15, 0.2) is 0 Å². The van der Waals surface area contributed by atoms with E-state index in [0.717, 1.165) is 50.1 Å². The molecule has 0 aliphatic rings. The number of rotatable bonds is 6. The highest BCUT2D eigenvalue weighted by atomic mass is 16.3. The van der Waals surface area contributed by atoms with Crippen molar-refractivity contribution >= 4 is 49.8 Å². The quantitative estimate of drug-likeness (QED) is 0.185. The molecule has 1 heterocycles. The normalized spacial score (nSPS) is 11.3. The Bertz CT molecular complexity index is 2540. The third kappa shape index (κ3) is 4.92. The molecule has 0 N–H and O–H groups in total. The molecule has 48 heavy (non-hydrogen) atoms. The van der Waals surface area contributed by atoms with E-state index in [2.05, 4.69) is 181 Å². The van der Waals surface area contributed by atoms with Gasteiger partial charge in [0.25, 0.3) is 0 Å². The molecule has 2 heteroatoms. The van der Waals surface area contributed by atoms with Crippen LogP contribution in [0, 0.1) is 0 Å². The fourth-order valence-corrected chi connectivity index (χ4v) is 6.89. The summed E-state index contributed by atoms with van der Waals surface area (Å²) in [6, 6.07) is 66.8. The third-order valence-electron chi connectivity index (χ3n) is 9.28. The molecule has 8 aromatic carbocycles. The fraction of sp³-hybridized carbons (Fsp3) is 0. The number of hydrogen-bond acceptors (Lipinski definition) is 2. The van der Waals surface area contributed by atoms with Crippen LogP contribution in [0.2, 0.25) is 0 Å². The zero-order valence-electron chi connectivity index (χ0n) is 26.3. The van der Waals surface area contributed by atoms with Crippen LogP contribution in [0.4, 0.5) is 17.1 Å². The molecule has 0 atom stereocenters. The minimum absolute atomic E-state index is 0.901. The summed E-state index contributed by atoms with van der Waals surface area (Å²) in [4.78, 5) is 2.34. The van der Waals surface area contributed by atoms with Crippen molar-refractivity contribution in [2.45, 2.75) is 0 Å². The summed E-state index contributed by atoms with van der Waals surface area (Å²) in [5.74, 6) is 0. The molecule has 1 aromatic heterocycles. The Balaban J connectivity index is 1.10. The zero-order valence-corrected chi connectivity index (χ0v) is 26.3. The number of anilines is 3. The summed E-state index contributed by atoms with van der Waals surface area (Å²) < 4.78 is 6.49. The van der Waals surface area contributed by atoms with E-state index in [1.165, 1.54) is 33.0 Å². The Labute approximate surface area is 279 Å². The van der Waals surface area contributed by atoms with Crippen LogP contribution < -0.4 is 4.90 Å². The first-order valence-electron chi connectivity index (χ1n) is 16.3. The maximum atomic E-state index is 6.49. The molecule has 0 amide bonds. The molecule has 0 aliphatic heterocycles. The molecule has 9 aromatic rings. The van der Waals surface area contributed by atoms with Gasteiger partial charge in [0, 0.05) is 33.3 Å². The molecule has 0 aliphatic carbocycles. The lowest BCUT2D eigenvalue weighted by atomic mass is 9.97. The predicted molar refractivity (Wildman–Crippen MR) is 202 cm³/mol. The number of benzene rings is 8. The molecule has 0 saturated carbocycles. The van der Waals surface area contributed by atoms with E-state index in [1.54, 1.807) is 0 Å². The Morgan fingerprint density at radius 2 is 0.917 bits per heavy atom. The van der Waals surface area contributed by atoms with Crippen molar-refractivity contribution in [3.63, 3.8) is 0 Å². The Morgan fingerprint density at radius 3 is 1.73 bits per heavy atom. The monoisotopic (exact) mass is 613 g/mol. The van der Waals surface area contributed by atoms with Gasteiger partial charge in [-0.1, -0.05) is 146 Å². The van der Waals surface area contributed by atoms with Gasteiger partial charge in [-0.3, -0.25) is 0 Å². The Kier molecular flexibility index (Phi) is 6.84. The van der Waals surface area contributed by atoms with Gasteiger partial charge in [-0.25, -0.2) is 0 Å². The predicted octanol–water partition coefficient (Wildman–Crippen LogP) is 13.2. The lowest BCUT2D eigenvalue weighted by Gasteiger charge is -2.28. The molecule has 0 bridgehead atoms. The van der Waals surface area contributed by atoms with Crippen molar-refractivity contribution in [3.05, 3.63) is 188 Å². The Hall–Kier alpha value is -6.38. The summed E-state index contributed by atoms with van der Waals surface area (Å²) in [6.45, 7) is 0. The number of para-hydroxylation sites is 4. The molecular formula is C46H31NO. The molecule has 0 spiro atoms. The highest BCUT2D eigenvalue weighted by molar-refractivity contribution is 6.10. The molecule has 9 rings (SSSR count). The number of furan rings is 1. The maximum absolute atomic E-state index is 6.49. The highest BCUT2D eigenvalue weighted by Gasteiger charge is 2.20. The minimum Gasteiger partial charge on any atom is -0.455 e. The van der Waals surface area contributed by atoms with E-state index in [0.29, 0.717) is 0 Å². The average molecular weight is 614 g/mol. The van der Waals surface area contributed by atoms with Crippen molar-refractivity contribution < 1.29 is 4.42 Å². The van der Waals surface area contributed by atoms with Crippen LogP contribution in [0.3, 0.4) is 0 Å². The maximum Gasteiger partial charge on any atom is 0.143 e. The topological polar surface area (TPSA) is 16.4 Å². The van der Waals surface area contributed by atoms with Crippen LogP contribution in [0.25, 0.3) is 66.1 Å². The minimum atomic E-state index is 0.901. The van der Waals surface area contributed by atoms with E-state index in [1.807, 2.05) is 12.1 Å². The lowest BCUT2D eigenvalue weighted by Crippen LogP contribution is -2.11. The van der Waals surface area contributed by atoms with E-state index in [-0.39, 0.29) is 0 Å². The Morgan fingerprint density at radius 1 is 0.354 bits per heavy atom. The van der Waals surface area contributed by atoms with E-state index < -0.39 is 0 Å². The van der Waals surface area contributed by atoms with Crippen LogP contribution in [0.1, 0.15) is 0 Å². The van der Waals surface area contributed by atoms with Gasteiger partial charge in [0.1, 0.15) is 11.2 Å². The second kappa shape index (κ2) is 11.8. The fourth-order valence-electron chi connectivity index (χ4n) is 6.89. The van der Waals surface area contributed by atoms with E-state index in [9.17, 15) is 0 Å². The molecule has 226 valence electrons. The van der Waals surface area contributed by atoms with Crippen molar-refractivity contribution in [2.24, 2.45) is 0 Å². The number of fused-ring (bicyclic) bond motifs is 4. The van der Waals surface area contributed by atoms with Crippen molar-refractivity contribution in [1.29, 1.82) is 0 Å². The highest BCUT2D eigenvalue weighted by Crippen LogP contribution is 2.44. The van der Waals surface area contributed by atoms with Crippen LogP contribution >= 0.6 is 0 Å². The van der Waals surface area contributed by atoms with Gasteiger partial charge in [-0.05, 0) is 75.5 Å². The van der Waals surface area contributed by atoms with Gasteiger partial charge >= 0.3 is 0 Å². The van der Waals surface area contributed by atoms with Gasteiger partial charge in [0.2, 0.25) is 0 Å². The van der Waals surface area contributed by atoms with Crippen molar-refractivity contribution in [2.75, 3.05) is 4.90 Å². The summed E-state index contributed by atoms with van der Waals surface area (Å²) >= 11 is 0. The lowest BCUT2D eigenvalue weighted by molar-refractivity contribution is 0.670. The standard InChI is InChI=1S/C46H31NO/c1-2-13-38(14-3-1)47(44-19-8-6-15-40(44)42-17-10-18-43-41-16-7-9-20-45(41)48-46(42)43)39-29-27-34(28-30-39)33-21-23-35(24-22-33)37-26-25-32-11-4-5-12-36(32)31-37/h1-31H. The zero-order chi connectivity index (χ0) is 31.9. The molecular weight excluding hydrogens is 583 g/mol. The summed E-state index contributed by atoms with van der Waals surface area (Å²) in [5.41, 5.74) is 12.1. The number of nitrogens with zero attached hydrogens (tertiary/aromatic N) is 1. The largest absolute Gasteiger partial charge is 0.455 e. The van der Waals surface area contributed by atoms with Gasteiger partial charge < -0.3 is 9.32 Å². The molecule has 2 nitrogen and oxygen atoms in total. The average Bonchev–Trinajstić information content (AvgIpc) is 3.55. The third-order valence-corrected chi connectivity index (χ3v) is 9.28. The SMILES string of the molecule is c1ccc(N(c2ccc(-c3ccc(-c4ccc5ccccc5c4)cc3)cc2)c2ccccc2-c2cccc3c2oc2ccccc23)cc1. The van der Waals surface area contributed by atoms with Crippen molar-refractivity contribution in [3.8, 4) is 33.4 Å². The first-order valence-corrected chi connectivity index (χ1v) is 16.3. The van der Waals surface area contributed by atoms with Gasteiger partial charge in [-0.15, -0.1) is 0 Å². The number of hydrogen-bond donors (Lipinski definition) is 0. The van der Waals surface area contributed by atoms with Crippen LogP contribution in [0.15, 0.2) is 192 Å². The first-order chi connectivity index (χ1) is 23.8. The summed E-state index contributed by atoms with van der Waals surface area (Å²) in [7, 11) is 0. The molecule has 0 unspecified atom stereocenters. The first kappa shape index (κ1) is 27.9. The van der Waals surface area contributed by atoms with Crippen LogP contribution in [0.5, 0.6) is 0 Å². The van der Waals surface area contributed by atoms with Crippen LogP contribution in [-0.2, 0) is 0 Å². The van der Waals surface area contributed by atoms with Crippen LogP contribution in [-0.4, -0.2) is 0 Å². The second-order valence-corrected chi connectivity index (χ2v) is 12.2. The van der Waals surface area contributed by atoms with E-state index >= 15 is 0 Å². The summed E-state index contributed by atoms with van der Waals surface area (Å²) in [6.07, 6.45) is 0. The molecule has 0 fully saturated rings. The second-order valence-electron chi connectivity index (χ2n) is 12.2. The molecule has 0 saturated heterocycles. The van der Waals surface area contributed by atoms with Crippen molar-refractivity contribution in [1.82, 2.24) is 0 Å². The smallest absolute Gasteiger partial charge is 0.143 e. The van der Waals surface area contributed by atoms with E-state index in [4.69, 9.17) is 4.42 Å². The molecule has 0 radical (unpaired) electrons. The summed E-state index contributed by atoms with van der Waals surface area (Å²) in [5, 5.41) is 4.78. The van der Waals surface area contributed by atoms with Gasteiger partial charge in [-0.2, -0.15) is 0 Å².